The van der Waals surface area contributed by atoms with Crippen molar-refractivity contribution in [2.75, 3.05) is 32.8 Å². The first-order chi connectivity index (χ1) is 8.80. The largest absolute Gasteiger partial charge is 0.380 e. The molecule has 19 heavy (non-hydrogen) atoms. The zero-order valence-corrected chi connectivity index (χ0v) is 14.3. The first-order valence-electron chi connectivity index (χ1n) is 7.84. The van der Waals surface area contributed by atoms with Crippen molar-refractivity contribution in [3.05, 3.63) is 0 Å². The average molecular weight is 272 g/mol. The summed E-state index contributed by atoms with van der Waals surface area (Å²) in [5.74, 6) is 0. The highest BCUT2D eigenvalue weighted by atomic mass is 16.5. The van der Waals surface area contributed by atoms with Crippen molar-refractivity contribution in [2.45, 2.75) is 67.0 Å². The lowest BCUT2D eigenvalue weighted by molar-refractivity contribution is 0.0355. The van der Waals surface area contributed by atoms with Gasteiger partial charge in [0.05, 0.1) is 13.2 Å². The third-order valence-electron chi connectivity index (χ3n) is 3.34. The fourth-order valence-electron chi connectivity index (χ4n) is 2.29. The predicted molar refractivity (Wildman–Crippen MR) is 84.7 cm³/mol. The molecule has 0 bridgehead atoms. The van der Waals surface area contributed by atoms with Crippen LogP contribution in [0.1, 0.15) is 54.9 Å². The van der Waals surface area contributed by atoms with Gasteiger partial charge in [-0.15, -0.1) is 0 Å². The fourth-order valence-corrected chi connectivity index (χ4v) is 2.29. The first kappa shape index (κ1) is 18.9. The third kappa shape index (κ3) is 9.42. The Kier molecular flexibility index (Phi) is 9.67. The summed E-state index contributed by atoms with van der Waals surface area (Å²) >= 11 is 0. The molecule has 0 atom stereocenters. The Morgan fingerprint density at radius 3 is 2.16 bits per heavy atom. The second kappa shape index (κ2) is 9.73. The molecular formula is C16H36N2O. The smallest absolute Gasteiger partial charge is 0.0593 e. The lowest BCUT2D eigenvalue weighted by atomic mass is 9.95. The zero-order valence-electron chi connectivity index (χ0n) is 14.3. The topological polar surface area (TPSA) is 24.5 Å². The molecule has 0 rings (SSSR count). The number of rotatable bonds is 11. The van der Waals surface area contributed by atoms with Crippen LogP contribution in [-0.4, -0.2) is 49.8 Å². The van der Waals surface area contributed by atoms with Gasteiger partial charge >= 0.3 is 0 Å². The van der Waals surface area contributed by atoms with Gasteiger partial charge in [0.15, 0.2) is 0 Å². The summed E-state index contributed by atoms with van der Waals surface area (Å²) in [6.45, 7) is 20.5. The Morgan fingerprint density at radius 1 is 1.11 bits per heavy atom. The number of nitrogens with one attached hydrogen (secondary N) is 1. The molecule has 0 spiro atoms. The summed E-state index contributed by atoms with van der Waals surface area (Å²) in [5, 5.41) is 3.47. The molecule has 116 valence electrons. The van der Waals surface area contributed by atoms with E-state index in [1.54, 1.807) is 0 Å². The van der Waals surface area contributed by atoms with Crippen LogP contribution >= 0.6 is 0 Å². The van der Waals surface area contributed by atoms with Crippen molar-refractivity contribution in [2.24, 2.45) is 5.41 Å². The second-order valence-electron chi connectivity index (χ2n) is 6.82. The van der Waals surface area contributed by atoms with Crippen molar-refractivity contribution in [1.82, 2.24) is 10.2 Å². The van der Waals surface area contributed by atoms with E-state index in [0.717, 1.165) is 32.8 Å². The van der Waals surface area contributed by atoms with Crippen LogP contribution < -0.4 is 5.32 Å². The van der Waals surface area contributed by atoms with E-state index in [1.165, 1.54) is 6.42 Å². The van der Waals surface area contributed by atoms with Gasteiger partial charge in [0.2, 0.25) is 0 Å². The van der Waals surface area contributed by atoms with Crippen molar-refractivity contribution in [1.29, 1.82) is 0 Å². The van der Waals surface area contributed by atoms with Crippen LogP contribution in [0, 0.1) is 5.41 Å². The Hall–Kier alpha value is -0.120. The highest BCUT2D eigenvalue weighted by Crippen LogP contribution is 2.14. The molecule has 3 nitrogen and oxygen atoms in total. The SMILES string of the molecule is CCCNCC(C)(C)COCCN(C(C)C)C(C)C. The Morgan fingerprint density at radius 2 is 1.68 bits per heavy atom. The predicted octanol–water partition coefficient (Wildman–Crippen LogP) is 3.15. The molecule has 0 aromatic heterocycles. The average Bonchev–Trinajstić information content (AvgIpc) is 2.27. The summed E-state index contributed by atoms with van der Waals surface area (Å²) in [6.07, 6.45) is 1.19. The molecule has 0 aromatic rings. The van der Waals surface area contributed by atoms with Crippen molar-refractivity contribution < 1.29 is 4.74 Å². The van der Waals surface area contributed by atoms with E-state index < -0.39 is 0 Å². The molecule has 3 heteroatoms. The Balaban J connectivity index is 3.82. The molecule has 0 saturated carbocycles. The molecular weight excluding hydrogens is 236 g/mol. The normalized spacial score (nSPS) is 12.9. The minimum Gasteiger partial charge on any atom is -0.380 e. The molecule has 0 heterocycles. The summed E-state index contributed by atoms with van der Waals surface area (Å²) in [4.78, 5) is 2.47. The summed E-state index contributed by atoms with van der Waals surface area (Å²) in [6, 6.07) is 1.17. The second-order valence-corrected chi connectivity index (χ2v) is 6.82. The lowest BCUT2D eigenvalue weighted by Gasteiger charge is -2.31. The van der Waals surface area contributed by atoms with E-state index in [4.69, 9.17) is 4.74 Å². The highest BCUT2D eigenvalue weighted by Gasteiger charge is 2.18. The van der Waals surface area contributed by atoms with Gasteiger partial charge in [-0.3, -0.25) is 4.90 Å². The van der Waals surface area contributed by atoms with E-state index in [1.807, 2.05) is 0 Å². The van der Waals surface area contributed by atoms with Crippen LogP contribution in [0.15, 0.2) is 0 Å². The number of ether oxygens (including phenoxy) is 1. The van der Waals surface area contributed by atoms with Gasteiger partial charge in [0.25, 0.3) is 0 Å². The Bertz CT molecular complexity index is 207. The van der Waals surface area contributed by atoms with Crippen LogP contribution in [0.5, 0.6) is 0 Å². The van der Waals surface area contributed by atoms with E-state index in [9.17, 15) is 0 Å². The number of nitrogens with zero attached hydrogens (tertiary/aromatic N) is 1. The Labute approximate surface area is 121 Å². The van der Waals surface area contributed by atoms with Crippen LogP contribution in [-0.2, 0) is 4.74 Å². The van der Waals surface area contributed by atoms with Crippen LogP contribution in [0.3, 0.4) is 0 Å². The van der Waals surface area contributed by atoms with E-state index >= 15 is 0 Å². The molecule has 0 amide bonds. The van der Waals surface area contributed by atoms with Gasteiger partial charge < -0.3 is 10.1 Å². The molecule has 0 aliphatic rings. The van der Waals surface area contributed by atoms with Crippen molar-refractivity contribution in [3.8, 4) is 0 Å². The summed E-state index contributed by atoms with van der Waals surface area (Å²) in [7, 11) is 0. The molecule has 0 unspecified atom stereocenters. The van der Waals surface area contributed by atoms with Gasteiger partial charge in [0, 0.05) is 30.6 Å². The fraction of sp³-hybridized carbons (Fsp3) is 1.00. The molecule has 0 aliphatic heterocycles. The maximum absolute atomic E-state index is 5.88. The number of hydrogen-bond donors (Lipinski definition) is 1. The van der Waals surface area contributed by atoms with Gasteiger partial charge in [-0.1, -0.05) is 20.8 Å². The molecule has 0 aliphatic carbocycles. The quantitative estimate of drug-likeness (QED) is 0.585. The van der Waals surface area contributed by atoms with Gasteiger partial charge in [0.1, 0.15) is 0 Å². The minimum absolute atomic E-state index is 0.218. The summed E-state index contributed by atoms with van der Waals surface area (Å²) < 4.78 is 5.88. The zero-order chi connectivity index (χ0) is 14.9. The van der Waals surface area contributed by atoms with E-state index in [-0.39, 0.29) is 5.41 Å². The van der Waals surface area contributed by atoms with E-state index in [0.29, 0.717) is 12.1 Å². The van der Waals surface area contributed by atoms with E-state index in [2.05, 4.69) is 58.7 Å². The standard InChI is InChI=1S/C16H36N2O/c1-8-9-17-12-16(6,7)13-19-11-10-18(14(2)3)15(4)5/h14-15,17H,8-13H2,1-7H3. The van der Waals surface area contributed by atoms with Gasteiger partial charge in [-0.25, -0.2) is 0 Å². The number of hydrogen-bond acceptors (Lipinski definition) is 3. The summed E-state index contributed by atoms with van der Waals surface area (Å²) in [5.41, 5.74) is 0.218. The molecule has 0 aromatic carbocycles. The van der Waals surface area contributed by atoms with Crippen molar-refractivity contribution in [3.63, 3.8) is 0 Å². The maximum atomic E-state index is 5.88. The van der Waals surface area contributed by atoms with Gasteiger partial charge in [-0.05, 0) is 40.7 Å². The van der Waals surface area contributed by atoms with Crippen molar-refractivity contribution >= 4 is 0 Å². The maximum Gasteiger partial charge on any atom is 0.0593 e. The minimum atomic E-state index is 0.218. The third-order valence-corrected chi connectivity index (χ3v) is 3.34. The first-order valence-corrected chi connectivity index (χ1v) is 7.84. The molecule has 0 radical (unpaired) electrons. The van der Waals surface area contributed by atoms with Crippen LogP contribution in [0.2, 0.25) is 0 Å². The van der Waals surface area contributed by atoms with Crippen LogP contribution in [0.25, 0.3) is 0 Å². The van der Waals surface area contributed by atoms with Gasteiger partial charge in [-0.2, -0.15) is 0 Å². The molecule has 1 N–H and O–H groups in total. The molecule has 0 saturated heterocycles. The lowest BCUT2D eigenvalue weighted by Crippen LogP contribution is -2.40. The molecule has 0 fully saturated rings. The monoisotopic (exact) mass is 272 g/mol. The van der Waals surface area contributed by atoms with Crippen LogP contribution in [0.4, 0.5) is 0 Å². The highest BCUT2D eigenvalue weighted by molar-refractivity contribution is 4.71.